The first-order valence-electron chi connectivity index (χ1n) is 9.78. The molecule has 0 bridgehead atoms. The Labute approximate surface area is 177 Å². The van der Waals surface area contributed by atoms with Crippen molar-refractivity contribution in [3.8, 4) is 17.4 Å². The Balaban J connectivity index is 2.16. The van der Waals surface area contributed by atoms with Gasteiger partial charge in [-0.1, -0.05) is 20.8 Å². The molecular formula is C19H31N5O5Si. The molecule has 0 amide bonds. The highest BCUT2D eigenvalue weighted by Gasteiger charge is 2.37. The SMILES string of the molecule is COc1nc(C)ncc1-n1nc(OCCCO[Si](C)(C)C(C)(C)C)c([N+](=O)[O-])c1C. The van der Waals surface area contributed by atoms with Crippen molar-refractivity contribution < 1.29 is 18.8 Å². The minimum Gasteiger partial charge on any atom is -0.479 e. The lowest BCUT2D eigenvalue weighted by molar-refractivity contribution is -0.386. The van der Waals surface area contributed by atoms with E-state index in [1.165, 1.54) is 18.0 Å². The van der Waals surface area contributed by atoms with E-state index < -0.39 is 13.2 Å². The molecule has 2 aromatic heterocycles. The maximum Gasteiger partial charge on any atom is 0.353 e. The molecule has 0 unspecified atom stereocenters. The summed E-state index contributed by atoms with van der Waals surface area (Å²) >= 11 is 0. The van der Waals surface area contributed by atoms with E-state index in [1.807, 2.05) is 0 Å². The van der Waals surface area contributed by atoms with Crippen molar-refractivity contribution in [1.82, 2.24) is 19.7 Å². The van der Waals surface area contributed by atoms with E-state index >= 15 is 0 Å². The van der Waals surface area contributed by atoms with Crippen LogP contribution in [0.15, 0.2) is 6.20 Å². The molecule has 11 heteroatoms. The lowest BCUT2D eigenvalue weighted by Crippen LogP contribution is -2.41. The molecule has 0 saturated carbocycles. The number of nitrogens with zero attached hydrogens (tertiary/aromatic N) is 5. The van der Waals surface area contributed by atoms with Crippen LogP contribution < -0.4 is 9.47 Å². The molecule has 0 radical (unpaired) electrons. The van der Waals surface area contributed by atoms with Crippen LogP contribution in [0.1, 0.15) is 38.7 Å². The summed E-state index contributed by atoms with van der Waals surface area (Å²) in [6, 6.07) is 0. The Morgan fingerprint density at radius 2 is 1.87 bits per heavy atom. The summed E-state index contributed by atoms with van der Waals surface area (Å²) in [5, 5.41) is 16.0. The van der Waals surface area contributed by atoms with Gasteiger partial charge in [-0.25, -0.2) is 9.67 Å². The molecule has 2 heterocycles. The van der Waals surface area contributed by atoms with Crippen LogP contribution in [-0.2, 0) is 4.43 Å². The van der Waals surface area contributed by atoms with E-state index in [-0.39, 0.29) is 29.1 Å². The monoisotopic (exact) mass is 437 g/mol. The predicted molar refractivity (Wildman–Crippen MR) is 115 cm³/mol. The zero-order valence-electron chi connectivity index (χ0n) is 19.0. The molecule has 0 aliphatic carbocycles. The van der Waals surface area contributed by atoms with Crippen molar-refractivity contribution in [1.29, 1.82) is 0 Å². The van der Waals surface area contributed by atoms with Gasteiger partial charge in [0.25, 0.3) is 0 Å². The molecule has 0 fully saturated rings. The Morgan fingerprint density at radius 3 is 2.43 bits per heavy atom. The van der Waals surface area contributed by atoms with Gasteiger partial charge in [-0.05, 0) is 32.0 Å². The molecule has 0 aliphatic rings. The molecule has 0 atom stereocenters. The van der Waals surface area contributed by atoms with Crippen LogP contribution in [0, 0.1) is 24.0 Å². The van der Waals surface area contributed by atoms with Crippen molar-refractivity contribution in [3.05, 3.63) is 27.8 Å². The largest absolute Gasteiger partial charge is 0.479 e. The molecule has 30 heavy (non-hydrogen) atoms. The maximum atomic E-state index is 11.6. The average molecular weight is 438 g/mol. The van der Waals surface area contributed by atoms with E-state index in [2.05, 4.69) is 48.9 Å². The Hall–Kier alpha value is -2.53. The highest BCUT2D eigenvalue weighted by molar-refractivity contribution is 6.74. The van der Waals surface area contributed by atoms with Gasteiger partial charge in [0.2, 0.25) is 5.88 Å². The fourth-order valence-corrected chi connectivity index (χ4v) is 3.61. The molecule has 0 N–H and O–H groups in total. The number of aromatic nitrogens is 4. The van der Waals surface area contributed by atoms with Gasteiger partial charge in [0.05, 0.1) is 24.8 Å². The van der Waals surface area contributed by atoms with Crippen LogP contribution in [0.3, 0.4) is 0 Å². The van der Waals surface area contributed by atoms with Gasteiger partial charge in [0.1, 0.15) is 17.2 Å². The molecule has 2 rings (SSSR count). The lowest BCUT2D eigenvalue weighted by Gasteiger charge is -2.36. The van der Waals surface area contributed by atoms with Gasteiger partial charge in [0, 0.05) is 13.0 Å². The fraction of sp³-hybridized carbons (Fsp3) is 0.632. The molecule has 0 saturated heterocycles. The molecule has 0 aliphatic heterocycles. The van der Waals surface area contributed by atoms with Crippen molar-refractivity contribution in [3.63, 3.8) is 0 Å². The van der Waals surface area contributed by atoms with Gasteiger partial charge >= 0.3 is 11.6 Å². The van der Waals surface area contributed by atoms with Crippen LogP contribution in [0.25, 0.3) is 5.69 Å². The number of methoxy groups -OCH3 is 1. The average Bonchev–Trinajstić information content (AvgIpc) is 2.96. The molecule has 2 aromatic rings. The second-order valence-corrected chi connectivity index (χ2v) is 13.3. The summed E-state index contributed by atoms with van der Waals surface area (Å²) in [6.45, 7) is 15.0. The van der Waals surface area contributed by atoms with Gasteiger partial charge in [-0.15, -0.1) is 5.10 Å². The smallest absolute Gasteiger partial charge is 0.353 e. The van der Waals surface area contributed by atoms with Crippen molar-refractivity contribution >= 4 is 14.0 Å². The van der Waals surface area contributed by atoms with E-state index in [0.29, 0.717) is 30.2 Å². The number of aryl methyl sites for hydroxylation is 1. The van der Waals surface area contributed by atoms with Crippen LogP contribution in [0.5, 0.6) is 11.8 Å². The van der Waals surface area contributed by atoms with Gasteiger partial charge in [-0.3, -0.25) is 10.1 Å². The number of rotatable bonds is 9. The van der Waals surface area contributed by atoms with Crippen LogP contribution in [-0.4, -0.2) is 53.3 Å². The van der Waals surface area contributed by atoms with E-state index in [0.717, 1.165) is 0 Å². The number of hydrogen-bond acceptors (Lipinski definition) is 8. The number of ether oxygens (including phenoxy) is 2. The van der Waals surface area contributed by atoms with Gasteiger partial charge in [-0.2, -0.15) is 4.98 Å². The zero-order valence-corrected chi connectivity index (χ0v) is 20.0. The normalized spacial score (nSPS) is 12.1. The third kappa shape index (κ3) is 5.14. The fourth-order valence-electron chi connectivity index (χ4n) is 2.52. The van der Waals surface area contributed by atoms with Crippen LogP contribution in [0.2, 0.25) is 18.1 Å². The Bertz CT molecular complexity index is 907. The highest BCUT2D eigenvalue weighted by atomic mass is 28.4. The molecule has 166 valence electrons. The number of hydrogen-bond donors (Lipinski definition) is 0. The van der Waals surface area contributed by atoms with Crippen molar-refractivity contribution in [2.24, 2.45) is 0 Å². The highest BCUT2D eigenvalue weighted by Crippen LogP contribution is 2.37. The third-order valence-corrected chi connectivity index (χ3v) is 9.85. The summed E-state index contributed by atoms with van der Waals surface area (Å²) in [5.41, 5.74) is 0.515. The lowest BCUT2D eigenvalue weighted by atomic mass is 10.2. The van der Waals surface area contributed by atoms with Crippen LogP contribution in [0.4, 0.5) is 5.69 Å². The molecule has 10 nitrogen and oxygen atoms in total. The summed E-state index contributed by atoms with van der Waals surface area (Å²) in [6.07, 6.45) is 2.12. The standard InChI is InChI=1S/C19H31N5O5Si/c1-13-16(24(25)26)18(28-10-9-11-29-30(7,8)19(3,4)5)22-23(13)15-12-20-14(2)21-17(15)27-6/h12H,9-11H2,1-8H3. The van der Waals surface area contributed by atoms with Crippen molar-refractivity contribution in [2.75, 3.05) is 20.3 Å². The quantitative estimate of drug-likeness (QED) is 0.250. The first-order valence-corrected chi connectivity index (χ1v) is 12.7. The summed E-state index contributed by atoms with van der Waals surface area (Å²) < 4.78 is 18.4. The zero-order chi connectivity index (χ0) is 22.7. The molecule has 0 aromatic carbocycles. The van der Waals surface area contributed by atoms with E-state index in [9.17, 15) is 10.1 Å². The summed E-state index contributed by atoms with van der Waals surface area (Å²) in [7, 11) is -0.368. The topological polar surface area (TPSA) is 114 Å². The first-order chi connectivity index (χ1) is 13.9. The Morgan fingerprint density at radius 1 is 1.20 bits per heavy atom. The second kappa shape index (κ2) is 9.09. The Kier molecular flexibility index (Phi) is 7.19. The molecule has 0 spiro atoms. The van der Waals surface area contributed by atoms with Crippen LogP contribution >= 0.6 is 0 Å². The summed E-state index contributed by atoms with van der Waals surface area (Å²) in [5.74, 6) is 0.748. The van der Waals surface area contributed by atoms with E-state index in [4.69, 9.17) is 13.9 Å². The minimum absolute atomic E-state index is 0.0487. The number of nitro groups is 1. The first kappa shape index (κ1) is 23.7. The summed E-state index contributed by atoms with van der Waals surface area (Å²) in [4.78, 5) is 19.5. The molecular weight excluding hydrogens is 406 g/mol. The third-order valence-electron chi connectivity index (χ3n) is 5.31. The van der Waals surface area contributed by atoms with E-state index in [1.54, 1.807) is 13.8 Å². The second-order valence-electron chi connectivity index (χ2n) is 8.53. The van der Waals surface area contributed by atoms with Gasteiger partial charge < -0.3 is 13.9 Å². The van der Waals surface area contributed by atoms with Gasteiger partial charge in [0.15, 0.2) is 8.32 Å². The van der Waals surface area contributed by atoms with Crippen molar-refractivity contribution in [2.45, 2.75) is 59.2 Å². The predicted octanol–water partition coefficient (Wildman–Crippen LogP) is 3.99. The maximum absolute atomic E-state index is 11.6. The minimum atomic E-state index is -1.84.